The fourth-order valence-electron chi connectivity index (χ4n) is 3.54. The van der Waals surface area contributed by atoms with Crippen LogP contribution < -0.4 is 10.6 Å². The Balaban J connectivity index is 1.53. The van der Waals surface area contributed by atoms with Crippen molar-refractivity contribution in [1.29, 1.82) is 0 Å². The first-order chi connectivity index (χ1) is 9.33. The molecule has 0 saturated heterocycles. The molecule has 0 spiro atoms. The van der Waals surface area contributed by atoms with E-state index in [1.807, 2.05) is 0 Å². The quantitative estimate of drug-likeness (QED) is 0.807. The van der Waals surface area contributed by atoms with Gasteiger partial charge in [0, 0.05) is 30.7 Å². The predicted molar refractivity (Wildman–Crippen MR) is 81.7 cm³/mol. The first kappa shape index (κ1) is 13.0. The van der Waals surface area contributed by atoms with Gasteiger partial charge in [0.2, 0.25) is 0 Å². The zero-order valence-electron chi connectivity index (χ0n) is 12.0. The smallest absolute Gasteiger partial charge is 0.0376 e. The van der Waals surface area contributed by atoms with Crippen molar-refractivity contribution in [3.05, 3.63) is 29.8 Å². The average molecular weight is 258 g/mol. The van der Waals surface area contributed by atoms with Gasteiger partial charge in [-0.25, -0.2) is 0 Å². The lowest BCUT2D eigenvalue weighted by molar-refractivity contribution is 0.436. The lowest BCUT2D eigenvalue weighted by Gasteiger charge is -2.19. The van der Waals surface area contributed by atoms with Crippen molar-refractivity contribution in [3.8, 4) is 0 Å². The van der Waals surface area contributed by atoms with E-state index in [0.717, 1.165) is 25.0 Å². The number of benzene rings is 1. The number of nitrogens with one attached hydrogen (secondary N) is 2. The third kappa shape index (κ3) is 3.11. The van der Waals surface area contributed by atoms with E-state index in [1.165, 1.54) is 43.4 Å². The molecular formula is C17H26N2. The van der Waals surface area contributed by atoms with E-state index in [1.54, 1.807) is 0 Å². The molecule has 1 fully saturated rings. The van der Waals surface area contributed by atoms with Crippen LogP contribution in [0.3, 0.4) is 0 Å². The zero-order chi connectivity index (χ0) is 13.1. The summed E-state index contributed by atoms with van der Waals surface area (Å²) in [4.78, 5) is 0. The SMILES string of the molecule is CC1CCCC(NCC2CNc3ccccc32)CC1. The van der Waals surface area contributed by atoms with Crippen molar-refractivity contribution in [2.75, 3.05) is 18.4 Å². The van der Waals surface area contributed by atoms with E-state index in [9.17, 15) is 0 Å². The Kier molecular flexibility index (Phi) is 4.07. The summed E-state index contributed by atoms with van der Waals surface area (Å²) in [6, 6.07) is 9.50. The van der Waals surface area contributed by atoms with E-state index in [4.69, 9.17) is 0 Å². The Morgan fingerprint density at radius 2 is 2.05 bits per heavy atom. The third-order valence-corrected chi connectivity index (χ3v) is 4.85. The van der Waals surface area contributed by atoms with Gasteiger partial charge in [-0.05, 0) is 36.8 Å². The van der Waals surface area contributed by atoms with Gasteiger partial charge in [0.05, 0.1) is 0 Å². The highest BCUT2D eigenvalue weighted by Crippen LogP contribution is 2.31. The summed E-state index contributed by atoms with van der Waals surface area (Å²) in [7, 11) is 0. The Morgan fingerprint density at radius 1 is 1.16 bits per heavy atom. The minimum absolute atomic E-state index is 0.650. The molecule has 2 nitrogen and oxygen atoms in total. The van der Waals surface area contributed by atoms with Crippen LogP contribution in [-0.4, -0.2) is 19.1 Å². The minimum atomic E-state index is 0.650. The second-order valence-corrected chi connectivity index (χ2v) is 6.38. The average Bonchev–Trinajstić information content (AvgIpc) is 2.73. The maximum Gasteiger partial charge on any atom is 0.0376 e. The standard InChI is InChI=1S/C17H26N2/c1-13-5-4-6-15(10-9-13)18-11-14-12-19-17-8-3-2-7-16(14)17/h2-3,7-8,13-15,18-19H,4-6,9-12H2,1H3. The molecule has 0 bridgehead atoms. The molecule has 2 N–H and O–H groups in total. The molecule has 1 saturated carbocycles. The molecule has 1 aromatic rings. The predicted octanol–water partition coefficient (Wildman–Crippen LogP) is 3.75. The number of para-hydroxylation sites is 1. The molecule has 1 aliphatic heterocycles. The molecule has 1 aromatic carbocycles. The zero-order valence-corrected chi connectivity index (χ0v) is 12.0. The number of anilines is 1. The van der Waals surface area contributed by atoms with Gasteiger partial charge >= 0.3 is 0 Å². The summed E-state index contributed by atoms with van der Waals surface area (Å²) in [5, 5.41) is 7.34. The summed E-state index contributed by atoms with van der Waals surface area (Å²) in [6.07, 6.45) is 6.95. The van der Waals surface area contributed by atoms with Crippen LogP contribution in [0.5, 0.6) is 0 Å². The molecular weight excluding hydrogens is 232 g/mol. The van der Waals surface area contributed by atoms with Gasteiger partial charge in [0.15, 0.2) is 0 Å². The molecule has 104 valence electrons. The number of fused-ring (bicyclic) bond motifs is 1. The van der Waals surface area contributed by atoms with Crippen molar-refractivity contribution in [1.82, 2.24) is 5.32 Å². The highest BCUT2D eigenvalue weighted by atomic mass is 15.0. The van der Waals surface area contributed by atoms with Crippen molar-refractivity contribution in [3.63, 3.8) is 0 Å². The summed E-state index contributed by atoms with van der Waals surface area (Å²) < 4.78 is 0. The second-order valence-electron chi connectivity index (χ2n) is 6.38. The van der Waals surface area contributed by atoms with E-state index < -0.39 is 0 Å². The van der Waals surface area contributed by atoms with Crippen LogP contribution in [0.15, 0.2) is 24.3 Å². The molecule has 0 aromatic heterocycles. The van der Waals surface area contributed by atoms with Crippen LogP contribution in [0.4, 0.5) is 5.69 Å². The Hall–Kier alpha value is -1.02. The second kappa shape index (κ2) is 5.96. The van der Waals surface area contributed by atoms with Gasteiger partial charge in [-0.15, -0.1) is 0 Å². The molecule has 19 heavy (non-hydrogen) atoms. The van der Waals surface area contributed by atoms with Crippen molar-refractivity contribution in [2.45, 2.75) is 51.0 Å². The van der Waals surface area contributed by atoms with E-state index >= 15 is 0 Å². The summed E-state index contributed by atoms with van der Waals surface area (Å²) in [6.45, 7) is 4.62. The van der Waals surface area contributed by atoms with E-state index in [-0.39, 0.29) is 0 Å². The largest absolute Gasteiger partial charge is 0.384 e. The van der Waals surface area contributed by atoms with Crippen LogP contribution in [-0.2, 0) is 0 Å². The van der Waals surface area contributed by atoms with Gasteiger partial charge in [0.25, 0.3) is 0 Å². The lowest BCUT2D eigenvalue weighted by Crippen LogP contribution is -2.32. The Labute approximate surface area is 117 Å². The first-order valence-corrected chi connectivity index (χ1v) is 7.89. The highest BCUT2D eigenvalue weighted by Gasteiger charge is 2.23. The molecule has 3 unspecified atom stereocenters. The monoisotopic (exact) mass is 258 g/mol. The molecule has 1 aliphatic carbocycles. The molecule has 3 rings (SSSR count). The van der Waals surface area contributed by atoms with Crippen molar-refractivity contribution in [2.24, 2.45) is 5.92 Å². The normalized spacial score (nSPS) is 30.5. The minimum Gasteiger partial charge on any atom is -0.384 e. The van der Waals surface area contributed by atoms with Crippen molar-refractivity contribution < 1.29 is 0 Å². The van der Waals surface area contributed by atoms with Crippen LogP contribution >= 0.6 is 0 Å². The number of rotatable bonds is 3. The van der Waals surface area contributed by atoms with Gasteiger partial charge in [0.1, 0.15) is 0 Å². The van der Waals surface area contributed by atoms with Gasteiger partial charge in [-0.1, -0.05) is 38.0 Å². The third-order valence-electron chi connectivity index (χ3n) is 4.85. The number of hydrogen-bond donors (Lipinski definition) is 2. The van der Waals surface area contributed by atoms with Crippen LogP contribution in [0.25, 0.3) is 0 Å². The summed E-state index contributed by atoms with van der Waals surface area (Å²) in [5.41, 5.74) is 2.83. The fourth-order valence-corrected chi connectivity index (χ4v) is 3.54. The molecule has 3 atom stereocenters. The maximum absolute atomic E-state index is 3.82. The van der Waals surface area contributed by atoms with Crippen LogP contribution in [0, 0.1) is 5.92 Å². The molecule has 2 heteroatoms. The van der Waals surface area contributed by atoms with Crippen LogP contribution in [0.1, 0.15) is 50.5 Å². The fraction of sp³-hybridized carbons (Fsp3) is 0.647. The molecule has 0 amide bonds. The van der Waals surface area contributed by atoms with Crippen LogP contribution in [0.2, 0.25) is 0 Å². The maximum atomic E-state index is 3.82. The van der Waals surface area contributed by atoms with Gasteiger partial charge in [-0.3, -0.25) is 0 Å². The first-order valence-electron chi connectivity index (χ1n) is 7.89. The summed E-state index contributed by atoms with van der Waals surface area (Å²) in [5.74, 6) is 1.58. The highest BCUT2D eigenvalue weighted by molar-refractivity contribution is 5.57. The Bertz CT molecular complexity index is 415. The topological polar surface area (TPSA) is 24.1 Å². The van der Waals surface area contributed by atoms with Gasteiger partial charge < -0.3 is 10.6 Å². The van der Waals surface area contributed by atoms with E-state index in [2.05, 4.69) is 41.8 Å². The Morgan fingerprint density at radius 3 is 3.00 bits per heavy atom. The number of hydrogen-bond acceptors (Lipinski definition) is 2. The summed E-state index contributed by atoms with van der Waals surface area (Å²) >= 11 is 0. The van der Waals surface area contributed by atoms with E-state index in [0.29, 0.717) is 5.92 Å². The molecule has 0 radical (unpaired) electrons. The van der Waals surface area contributed by atoms with Crippen molar-refractivity contribution >= 4 is 5.69 Å². The lowest BCUT2D eigenvalue weighted by atomic mass is 10.00. The van der Waals surface area contributed by atoms with Gasteiger partial charge in [-0.2, -0.15) is 0 Å². The molecule has 2 aliphatic rings. The molecule has 1 heterocycles.